The molecule has 2 heterocycles. The summed E-state index contributed by atoms with van der Waals surface area (Å²) in [6.45, 7) is 2.46. The molecule has 7 heteroatoms. The van der Waals surface area contributed by atoms with Crippen LogP contribution in [0.15, 0.2) is 90.3 Å². The molecule has 0 spiro atoms. The first kappa shape index (κ1) is 23.4. The van der Waals surface area contributed by atoms with E-state index >= 15 is 0 Å². The van der Waals surface area contributed by atoms with E-state index in [2.05, 4.69) is 34.6 Å². The Hall–Kier alpha value is -4.36. The number of rotatable bonds is 7. The molecule has 1 N–H and O–H groups in total. The third-order valence-electron chi connectivity index (χ3n) is 5.84. The first-order chi connectivity index (χ1) is 17.7. The molecule has 0 atom stereocenters. The normalized spacial score (nSPS) is 10.7. The van der Waals surface area contributed by atoms with Crippen molar-refractivity contribution >= 4 is 23.1 Å². The van der Waals surface area contributed by atoms with Gasteiger partial charge in [-0.25, -0.2) is 9.78 Å². The molecule has 0 unspecified atom stereocenters. The van der Waals surface area contributed by atoms with Crippen LogP contribution in [0.25, 0.3) is 33.0 Å². The molecule has 0 saturated carbocycles. The van der Waals surface area contributed by atoms with Gasteiger partial charge in [-0.3, -0.25) is 0 Å². The maximum absolute atomic E-state index is 13.1. The highest BCUT2D eigenvalue weighted by Gasteiger charge is 2.25. The molecule has 178 valence electrons. The smallest absolute Gasteiger partial charge is 0.342 e. The number of thiazole rings is 1. The molecular formula is C29H24N4O2S. The van der Waals surface area contributed by atoms with Crippen LogP contribution >= 0.6 is 11.3 Å². The monoisotopic (exact) mass is 492 g/mol. The number of aromatic nitrogens is 3. The maximum Gasteiger partial charge on any atom is 0.342 e. The lowest BCUT2D eigenvalue weighted by Gasteiger charge is -2.16. The van der Waals surface area contributed by atoms with Crippen LogP contribution in [0.2, 0.25) is 0 Å². The molecule has 0 aliphatic carbocycles. The zero-order valence-corrected chi connectivity index (χ0v) is 20.8. The second-order valence-corrected chi connectivity index (χ2v) is 9.04. The molecule has 5 aromatic rings. The Balaban J connectivity index is 1.55. The van der Waals surface area contributed by atoms with Gasteiger partial charge >= 0.3 is 5.97 Å². The van der Waals surface area contributed by atoms with E-state index in [0.29, 0.717) is 29.2 Å². The van der Waals surface area contributed by atoms with Crippen LogP contribution in [0.3, 0.4) is 0 Å². The zero-order valence-electron chi connectivity index (χ0n) is 19.9. The molecule has 3 aromatic carbocycles. The van der Waals surface area contributed by atoms with E-state index in [1.807, 2.05) is 78.2 Å². The van der Waals surface area contributed by atoms with E-state index in [1.54, 1.807) is 11.3 Å². The van der Waals surface area contributed by atoms with Crippen LogP contribution in [0.4, 0.5) is 5.82 Å². The summed E-state index contributed by atoms with van der Waals surface area (Å²) < 4.78 is 5.20. The van der Waals surface area contributed by atoms with E-state index in [1.165, 1.54) is 12.7 Å². The van der Waals surface area contributed by atoms with E-state index in [9.17, 15) is 4.79 Å². The topological polar surface area (TPSA) is 77.0 Å². The van der Waals surface area contributed by atoms with Crippen LogP contribution < -0.4 is 5.32 Å². The van der Waals surface area contributed by atoms with Crippen molar-refractivity contribution in [2.24, 2.45) is 0 Å². The van der Waals surface area contributed by atoms with Gasteiger partial charge in [0, 0.05) is 22.1 Å². The molecule has 0 amide bonds. The summed E-state index contributed by atoms with van der Waals surface area (Å²) in [5, 5.41) is 15.2. The van der Waals surface area contributed by atoms with Gasteiger partial charge in [0.15, 0.2) is 5.82 Å². The van der Waals surface area contributed by atoms with Gasteiger partial charge in [0.2, 0.25) is 0 Å². The lowest BCUT2D eigenvalue weighted by atomic mass is 9.95. The van der Waals surface area contributed by atoms with Crippen LogP contribution in [-0.4, -0.2) is 28.3 Å². The highest BCUT2D eigenvalue weighted by Crippen LogP contribution is 2.36. The lowest BCUT2D eigenvalue weighted by molar-refractivity contribution is 0.0602. The van der Waals surface area contributed by atoms with Gasteiger partial charge in [0.25, 0.3) is 0 Å². The van der Waals surface area contributed by atoms with Crippen LogP contribution in [0.5, 0.6) is 0 Å². The minimum atomic E-state index is -0.484. The van der Waals surface area contributed by atoms with E-state index in [-0.39, 0.29) is 0 Å². The average Bonchev–Trinajstić information content (AvgIpc) is 3.41. The minimum Gasteiger partial charge on any atom is -0.465 e. The standard InChI is InChI=1S/C29H24N4O2S/c1-19-11-9-10-16-23(19)28-31-22(18-36-28)17-30-27-25(29(34)35-2)24(20-12-5-3-6-13-20)26(32-33-27)21-14-7-4-8-15-21/h3-16,18H,17H2,1-2H3,(H,30,33). The van der Waals surface area contributed by atoms with Crippen molar-refractivity contribution in [2.45, 2.75) is 13.5 Å². The van der Waals surface area contributed by atoms with Gasteiger partial charge in [0.05, 0.1) is 19.3 Å². The molecular weight excluding hydrogens is 468 g/mol. The Morgan fingerprint density at radius 3 is 2.25 bits per heavy atom. The molecule has 0 radical (unpaired) electrons. The fourth-order valence-corrected chi connectivity index (χ4v) is 4.95. The number of hydrogen-bond donors (Lipinski definition) is 1. The average molecular weight is 493 g/mol. The maximum atomic E-state index is 13.1. The number of esters is 1. The van der Waals surface area contributed by atoms with Gasteiger partial charge in [-0.05, 0) is 18.1 Å². The number of anilines is 1. The van der Waals surface area contributed by atoms with Crippen LogP contribution in [0.1, 0.15) is 21.6 Å². The summed E-state index contributed by atoms with van der Waals surface area (Å²) in [5.41, 5.74) is 6.48. The van der Waals surface area contributed by atoms with Crippen molar-refractivity contribution < 1.29 is 9.53 Å². The second-order valence-electron chi connectivity index (χ2n) is 8.18. The minimum absolute atomic E-state index is 0.340. The summed E-state index contributed by atoms with van der Waals surface area (Å²) >= 11 is 1.59. The Morgan fingerprint density at radius 1 is 0.889 bits per heavy atom. The number of hydrogen-bond acceptors (Lipinski definition) is 7. The number of benzene rings is 3. The predicted octanol–water partition coefficient (Wildman–Crippen LogP) is 6.64. The van der Waals surface area contributed by atoms with Crippen molar-refractivity contribution in [3.05, 3.63) is 107 Å². The van der Waals surface area contributed by atoms with Crippen LogP contribution in [-0.2, 0) is 11.3 Å². The number of aryl methyl sites for hydroxylation is 1. The largest absolute Gasteiger partial charge is 0.465 e. The Morgan fingerprint density at radius 2 is 1.56 bits per heavy atom. The van der Waals surface area contributed by atoms with Crippen molar-refractivity contribution in [3.8, 4) is 33.0 Å². The van der Waals surface area contributed by atoms with Crippen molar-refractivity contribution in [1.82, 2.24) is 15.2 Å². The number of nitrogens with one attached hydrogen (secondary N) is 1. The number of methoxy groups -OCH3 is 1. The summed E-state index contributed by atoms with van der Waals surface area (Å²) in [6.07, 6.45) is 0. The summed E-state index contributed by atoms with van der Waals surface area (Å²) in [4.78, 5) is 17.9. The Kier molecular flexibility index (Phi) is 6.82. The summed E-state index contributed by atoms with van der Waals surface area (Å²) in [5.74, 6) is -0.131. The third kappa shape index (κ3) is 4.74. The van der Waals surface area contributed by atoms with Crippen molar-refractivity contribution in [2.75, 3.05) is 12.4 Å². The van der Waals surface area contributed by atoms with Crippen LogP contribution in [0, 0.1) is 6.92 Å². The molecule has 0 saturated heterocycles. The molecule has 0 fully saturated rings. The van der Waals surface area contributed by atoms with E-state index in [4.69, 9.17) is 9.72 Å². The van der Waals surface area contributed by atoms with Gasteiger partial charge in [-0.15, -0.1) is 21.5 Å². The fraction of sp³-hybridized carbons (Fsp3) is 0.103. The fourth-order valence-electron chi connectivity index (χ4n) is 4.04. The molecule has 5 rings (SSSR count). The Labute approximate surface area is 213 Å². The van der Waals surface area contributed by atoms with E-state index < -0.39 is 5.97 Å². The summed E-state index contributed by atoms with van der Waals surface area (Å²) in [7, 11) is 1.37. The van der Waals surface area contributed by atoms with Gasteiger partial charge in [-0.1, -0.05) is 84.9 Å². The molecule has 0 bridgehead atoms. The second kappa shape index (κ2) is 10.5. The number of carbonyl (C=O) groups is 1. The highest BCUT2D eigenvalue weighted by molar-refractivity contribution is 7.13. The predicted molar refractivity (Wildman–Crippen MR) is 144 cm³/mol. The molecule has 2 aromatic heterocycles. The molecule has 6 nitrogen and oxygen atoms in total. The zero-order chi connectivity index (χ0) is 24.9. The third-order valence-corrected chi connectivity index (χ3v) is 6.76. The number of ether oxygens (including phenoxy) is 1. The number of carbonyl (C=O) groups excluding carboxylic acids is 1. The number of nitrogens with zero attached hydrogens (tertiary/aromatic N) is 3. The highest BCUT2D eigenvalue weighted by atomic mass is 32.1. The van der Waals surface area contributed by atoms with Gasteiger partial charge in [0.1, 0.15) is 16.3 Å². The lowest BCUT2D eigenvalue weighted by Crippen LogP contribution is -2.14. The summed E-state index contributed by atoms with van der Waals surface area (Å²) in [6, 6.07) is 27.6. The first-order valence-electron chi connectivity index (χ1n) is 11.5. The van der Waals surface area contributed by atoms with E-state index in [0.717, 1.165) is 27.4 Å². The Bertz CT molecular complexity index is 1500. The first-order valence-corrected chi connectivity index (χ1v) is 12.4. The van der Waals surface area contributed by atoms with Crippen molar-refractivity contribution in [3.63, 3.8) is 0 Å². The quantitative estimate of drug-likeness (QED) is 0.257. The van der Waals surface area contributed by atoms with Crippen molar-refractivity contribution in [1.29, 1.82) is 0 Å². The van der Waals surface area contributed by atoms with Gasteiger partial charge in [-0.2, -0.15) is 0 Å². The SMILES string of the molecule is COC(=O)c1c(NCc2csc(-c3ccccc3C)n2)nnc(-c2ccccc2)c1-c1ccccc1. The van der Waals surface area contributed by atoms with Gasteiger partial charge < -0.3 is 10.1 Å². The molecule has 0 aliphatic heterocycles. The molecule has 0 aliphatic rings. The molecule has 36 heavy (non-hydrogen) atoms.